The van der Waals surface area contributed by atoms with Crippen molar-refractivity contribution < 1.29 is 9.53 Å². The molecule has 2 aromatic carbocycles. The van der Waals surface area contributed by atoms with Crippen LogP contribution in [0.25, 0.3) is 11.0 Å². The van der Waals surface area contributed by atoms with Crippen molar-refractivity contribution in [2.75, 3.05) is 13.7 Å². The third kappa shape index (κ3) is 4.18. The van der Waals surface area contributed by atoms with Gasteiger partial charge in [-0.15, -0.1) is 0 Å². The first-order chi connectivity index (χ1) is 12.1. The molecule has 1 unspecified atom stereocenters. The SMILES string of the molecule is COCC(C)NC(=O)c1ccc2c(c1)ncn2Cc1ccc(Cl)cc1. The fourth-order valence-corrected chi connectivity index (χ4v) is 2.84. The van der Waals surface area contributed by atoms with Gasteiger partial charge in [0.05, 0.1) is 24.0 Å². The van der Waals surface area contributed by atoms with Crippen LogP contribution in [0.1, 0.15) is 22.8 Å². The van der Waals surface area contributed by atoms with Crippen molar-refractivity contribution in [3.8, 4) is 0 Å². The van der Waals surface area contributed by atoms with E-state index in [1.807, 2.05) is 54.0 Å². The number of methoxy groups -OCH3 is 1. The van der Waals surface area contributed by atoms with Crippen LogP contribution in [0.4, 0.5) is 0 Å². The van der Waals surface area contributed by atoms with Crippen molar-refractivity contribution in [2.45, 2.75) is 19.5 Å². The smallest absolute Gasteiger partial charge is 0.251 e. The summed E-state index contributed by atoms with van der Waals surface area (Å²) in [7, 11) is 1.61. The van der Waals surface area contributed by atoms with E-state index in [0.717, 1.165) is 21.6 Å². The Morgan fingerprint density at radius 3 is 2.76 bits per heavy atom. The van der Waals surface area contributed by atoms with Crippen LogP contribution < -0.4 is 5.32 Å². The van der Waals surface area contributed by atoms with Crippen molar-refractivity contribution in [3.63, 3.8) is 0 Å². The summed E-state index contributed by atoms with van der Waals surface area (Å²) < 4.78 is 7.09. The molecule has 1 atom stereocenters. The molecular weight excluding hydrogens is 338 g/mol. The summed E-state index contributed by atoms with van der Waals surface area (Å²) >= 11 is 5.93. The van der Waals surface area contributed by atoms with E-state index in [2.05, 4.69) is 10.3 Å². The zero-order valence-corrected chi connectivity index (χ0v) is 15.0. The Morgan fingerprint density at radius 1 is 1.28 bits per heavy atom. The quantitative estimate of drug-likeness (QED) is 0.734. The van der Waals surface area contributed by atoms with Gasteiger partial charge in [-0.2, -0.15) is 0 Å². The van der Waals surface area contributed by atoms with E-state index in [1.165, 1.54) is 0 Å². The summed E-state index contributed by atoms with van der Waals surface area (Å²) in [6.45, 7) is 3.08. The highest BCUT2D eigenvalue weighted by Crippen LogP contribution is 2.18. The summed E-state index contributed by atoms with van der Waals surface area (Å²) in [6.07, 6.45) is 1.79. The van der Waals surface area contributed by atoms with Gasteiger partial charge in [0.1, 0.15) is 0 Å². The van der Waals surface area contributed by atoms with E-state index in [1.54, 1.807) is 13.4 Å². The molecule has 1 amide bonds. The third-order valence-corrected chi connectivity index (χ3v) is 4.20. The van der Waals surface area contributed by atoms with Crippen molar-refractivity contribution in [3.05, 3.63) is 64.9 Å². The Bertz CT molecular complexity index is 874. The molecule has 1 aromatic heterocycles. The molecule has 0 spiro atoms. The van der Waals surface area contributed by atoms with E-state index < -0.39 is 0 Å². The van der Waals surface area contributed by atoms with Crippen LogP contribution in [0.3, 0.4) is 0 Å². The number of nitrogens with one attached hydrogen (secondary N) is 1. The van der Waals surface area contributed by atoms with E-state index in [9.17, 15) is 4.79 Å². The molecule has 3 rings (SSSR count). The summed E-state index contributed by atoms with van der Waals surface area (Å²) in [5.74, 6) is -0.126. The average molecular weight is 358 g/mol. The summed E-state index contributed by atoms with van der Waals surface area (Å²) in [5, 5.41) is 3.62. The monoisotopic (exact) mass is 357 g/mol. The van der Waals surface area contributed by atoms with E-state index in [4.69, 9.17) is 16.3 Å². The van der Waals surface area contributed by atoms with Gasteiger partial charge in [0, 0.05) is 30.3 Å². The van der Waals surface area contributed by atoms with Gasteiger partial charge in [-0.25, -0.2) is 4.98 Å². The molecule has 6 heteroatoms. The number of rotatable bonds is 6. The summed E-state index contributed by atoms with van der Waals surface area (Å²) in [4.78, 5) is 16.7. The second-order valence-electron chi connectivity index (χ2n) is 6.03. The summed E-state index contributed by atoms with van der Waals surface area (Å²) in [5.41, 5.74) is 3.50. The lowest BCUT2D eigenvalue weighted by Gasteiger charge is -2.12. The fraction of sp³-hybridized carbons (Fsp3) is 0.263. The lowest BCUT2D eigenvalue weighted by atomic mass is 10.1. The molecule has 0 saturated carbocycles. The largest absolute Gasteiger partial charge is 0.383 e. The molecule has 0 fully saturated rings. The maximum absolute atomic E-state index is 12.3. The molecule has 130 valence electrons. The van der Waals surface area contributed by atoms with Gasteiger partial charge in [0.25, 0.3) is 5.91 Å². The Labute approximate surface area is 151 Å². The highest BCUT2D eigenvalue weighted by molar-refractivity contribution is 6.30. The minimum absolute atomic E-state index is 0.0457. The standard InChI is InChI=1S/C19H20ClN3O2/c1-13(11-25-2)22-19(24)15-5-8-18-17(9-15)21-12-23(18)10-14-3-6-16(20)7-4-14/h3-9,12-13H,10-11H2,1-2H3,(H,22,24). The van der Waals surface area contributed by atoms with Crippen LogP contribution in [-0.2, 0) is 11.3 Å². The number of halogens is 1. The van der Waals surface area contributed by atoms with Crippen molar-refractivity contribution in [1.29, 1.82) is 0 Å². The topological polar surface area (TPSA) is 56.1 Å². The predicted molar refractivity (Wildman–Crippen MR) is 99.1 cm³/mol. The number of carbonyl (C=O) groups excluding carboxylic acids is 1. The van der Waals surface area contributed by atoms with Crippen LogP contribution in [0.15, 0.2) is 48.8 Å². The maximum atomic E-state index is 12.3. The first-order valence-corrected chi connectivity index (χ1v) is 8.44. The van der Waals surface area contributed by atoms with Gasteiger partial charge in [-0.05, 0) is 42.8 Å². The average Bonchev–Trinajstić information content (AvgIpc) is 2.99. The molecule has 25 heavy (non-hydrogen) atoms. The van der Waals surface area contributed by atoms with Crippen molar-refractivity contribution in [2.24, 2.45) is 0 Å². The second-order valence-corrected chi connectivity index (χ2v) is 6.47. The molecule has 0 aliphatic carbocycles. The van der Waals surface area contributed by atoms with Crippen LogP contribution >= 0.6 is 11.6 Å². The molecule has 3 aromatic rings. The minimum atomic E-state index is -0.126. The zero-order chi connectivity index (χ0) is 17.8. The highest BCUT2D eigenvalue weighted by Gasteiger charge is 2.12. The highest BCUT2D eigenvalue weighted by atomic mass is 35.5. The number of amides is 1. The Balaban J connectivity index is 1.78. The lowest BCUT2D eigenvalue weighted by Crippen LogP contribution is -2.35. The molecule has 0 aliphatic rings. The Kier molecular flexibility index (Phi) is 5.36. The van der Waals surface area contributed by atoms with Gasteiger partial charge < -0.3 is 14.6 Å². The number of imidazole rings is 1. The van der Waals surface area contributed by atoms with Gasteiger partial charge in [-0.3, -0.25) is 4.79 Å². The minimum Gasteiger partial charge on any atom is -0.383 e. The van der Waals surface area contributed by atoms with Crippen LogP contribution in [0, 0.1) is 0 Å². The molecule has 0 saturated heterocycles. The molecule has 1 heterocycles. The lowest BCUT2D eigenvalue weighted by molar-refractivity contribution is 0.0905. The van der Waals surface area contributed by atoms with Gasteiger partial charge in [-0.1, -0.05) is 23.7 Å². The van der Waals surface area contributed by atoms with Crippen LogP contribution in [0.5, 0.6) is 0 Å². The van der Waals surface area contributed by atoms with Crippen LogP contribution in [-0.4, -0.2) is 35.2 Å². The number of hydrogen-bond donors (Lipinski definition) is 1. The molecule has 0 aliphatic heterocycles. The maximum Gasteiger partial charge on any atom is 0.251 e. The molecule has 5 nitrogen and oxygen atoms in total. The van der Waals surface area contributed by atoms with Gasteiger partial charge in [0.15, 0.2) is 0 Å². The Hall–Kier alpha value is -2.37. The van der Waals surface area contributed by atoms with Crippen molar-refractivity contribution in [1.82, 2.24) is 14.9 Å². The predicted octanol–water partition coefficient (Wildman–Crippen LogP) is 3.50. The second kappa shape index (κ2) is 7.68. The number of hydrogen-bond acceptors (Lipinski definition) is 3. The molecular formula is C19H20ClN3O2. The third-order valence-electron chi connectivity index (χ3n) is 3.94. The van der Waals surface area contributed by atoms with Crippen LogP contribution in [0.2, 0.25) is 5.02 Å². The number of fused-ring (bicyclic) bond motifs is 1. The summed E-state index contributed by atoms with van der Waals surface area (Å²) in [6, 6.07) is 13.2. The Morgan fingerprint density at radius 2 is 2.04 bits per heavy atom. The molecule has 0 radical (unpaired) electrons. The van der Waals surface area contributed by atoms with E-state index in [-0.39, 0.29) is 11.9 Å². The molecule has 1 N–H and O–H groups in total. The number of nitrogens with zero attached hydrogens (tertiary/aromatic N) is 2. The number of carbonyl (C=O) groups is 1. The zero-order valence-electron chi connectivity index (χ0n) is 14.2. The number of ether oxygens (including phenoxy) is 1. The number of aromatic nitrogens is 2. The normalized spacial score (nSPS) is 12.3. The van der Waals surface area contributed by atoms with E-state index >= 15 is 0 Å². The van der Waals surface area contributed by atoms with E-state index in [0.29, 0.717) is 18.7 Å². The van der Waals surface area contributed by atoms with Crippen molar-refractivity contribution >= 4 is 28.5 Å². The fourth-order valence-electron chi connectivity index (χ4n) is 2.72. The van der Waals surface area contributed by atoms with Gasteiger partial charge in [0.2, 0.25) is 0 Å². The first-order valence-electron chi connectivity index (χ1n) is 8.06. The number of benzene rings is 2. The molecule has 0 bridgehead atoms. The first kappa shape index (κ1) is 17.5. The van der Waals surface area contributed by atoms with Gasteiger partial charge >= 0.3 is 0 Å².